The lowest BCUT2D eigenvalue weighted by atomic mass is 10.1. The monoisotopic (exact) mass is 508 g/mol. The molecule has 0 aliphatic rings. The lowest BCUT2D eigenvalue weighted by molar-refractivity contribution is -0.137. The van der Waals surface area contributed by atoms with Crippen LogP contribution in [0.4, 0.5) is 44.1 Å². The summed E-state index contributed by atoms with van der Waals surface area (Å²) in [5.74, 6) is -2.66. The second-order valence-electron chi connectivity index (χ2n) is 7.03. The molecule has 0 amide bonds. The van der Waals surface area contributed by atoms with Crippen molar-refractivity contribution in [1.82, 2.24) is 4.98 Å². The molecule has 1 aromatic heterocycles. The van der Waals surface area contributed by atoms with Crippen LogP contribution in [0, 0.1) is 11.6 Å². The zero-order valence-electron chi connectivity index (χ0n) is 17.6. The number of rotatable bonds is 4. The predicted molar refractivity (Wildman–Crippen MR) is 124 cm³/mol. The summed E-state index contributed by atoms with van der Waals surface area (Å²) in [6, 6.07) is 12.6. The van der Waals surface area contributed by atoms with Crippen molar-refractivity contribution >= 4 is 39.5 Å². The largest absolute Gasteiger partial charge is 0.478 e. The van der Waals surface area contributed by atoms with E-state index in [2.05, 4.69) is 10.3 Å². The number of carboxylic acids is 1. The van der Waals surface area contributed by atoms with Gasteiger partial charge in [-0.05, 0) is 42.5 Å². The number of carboxylic acid groups (broad SMARTS) is 1. The van der Waals surface area contributed by atoms with Crippen molar-refractivity contribution < 1.29 is 31.9 Å². The van der Waals surface area contributed by atoms with Gasteiger partial charge in [0, 0.05) is 28.4 Å². The van der Waals surface area contributed by atoms with Crippen LogP contribution in [0.5, 0.6) is 0 Å². The Bertz CT molecular complexity index is 1360. The topological polar surface area (TPSA) is 114 Å². The first kappa shape index (κ1) is 25.4. The van der Waals surface area contributed by atoms with Crippen LogP contribution < -0.4 is 16.8 Å². The first-order valence-corrected chi connectivity index (χ1v) is 10.6. The zero-order chi connectivity index (χ0) is 25.8. The fraction of sp³-hybridized carbons (Fsp3) is 0.0435. The average molecular weight is 508 g/mol. The molecule has 4 rings (SSSR count). The first-order valence-electron chi connectivity index (χ1n) is 9.67. The van der Waals surface area contributed by atoms with Gasteiger partial charge in [0.05, 0.1) is 22.5 Å². The molecule has 6 N–H and O–H groups in total. The van der Waals surface area contributed by atoms with E-state index in [9.17, 15) is 26.7 Å². The number of carbonyl (C=O) groups is 1. The highest BCUT2D eigenvalue weighted by Gasteiger charge is 2.30. The van der Waals surface area contributed by atoms with Crippen molar-refractivity contribution in [2.24, 2.45) is 0 Å². The second-order valence-corrected chi connectivity index (χ2v) is 7.88. The van der Waals surface area contributed by atoms with Crippen LogP contribution in [0.15, 0.2) is 66.0 Å². The number of hydrogen-bond acceptors (Lipinski definition) is 6. The third-order valence-electron chi connectivity index (χ3n) is 4.44. The maximum atomic E-state index is 13.9. The molecule has 0 radical (unpaired) electrons. The number of nitrogens with one attached hydrogen (secondary N) is 1. The van der Waals surface area contributed by atoms with Crippen LogP contribution in [0.3, 0.4) is 0 Å². The average Bonchev–Trinajstić information content (AvgIpc) is 3.24. The number of anilines is 4. The van der Waals surface area contributed by atoms with Gasteiger partial charge >= 0.3 is 12.1 Å². The van der Waals surface area contributed by atoms with Gasteiger partial charge in [-0.1, -0.05) is 12.1 Å². The quantitative estimate of drug-likeness (QED) is 0.187. The number of nitrogens with two attached hydrogens (primary N) is 2. The van der Waals surface area contributed by atoms with E-state index in [-0.39, 0.29) is 33.3 Å². The molecule has 0 bridgehead atoms. The van der Waals surface area contributed by atoms with E-state index in [1.165, 1.54) is 29.6 Å². The van der Waals surface area contributed by atoms with E-state index < -0.39 is 29.3 Å². The number of nitrogen functional groups attached to an aromatic ring is 2. The minimum Gasteiger partial charge on any atom is -0.478 e. The smallest absolute Gasteiger partial charge is 0.416 e. The van der Waals surface area contributed by atoms with E-state index in [0.29, 0.717) is 11.8 Å². The van der Waals surface area contributed by atoms with Gasteiger partial charge in [-0.3, -0.25) is 0 Å². The molecule has 35 heavy (non-hydrogen) atoms. The molecule has 4 aromatic rings. The van der Waals surface area contributed by atoms with Gasteiger partial charge in [0.1, 0.15) is 11.6 Å². The van der Waals surface area contributed by atoms with Crippen LogP contribution >= 0.6 is 11.3 Å². The van der Waals surface area contributed by atoms with Gasteiger partial charge in [0.25, 0.3) is 0 Å². The number of aromatic nitrogens is 1. The number of halogens is 5. The zero-order valence-corrected chi connectivity index (χ0v) is 18.4. The van der Waals surface area contributed by atoms with Crippen molar-refractivity contribution in [3.63, 3.8) is 0 Å². The van der Waals surface area contributed by atoms with Gasteiger partial charge in [-0.2, -0.15) is 13.2 Å². The Balaban J connectivity index is 0.000000287. The number of aromatic carboxylic acids is 1. The predicted octanol–water partition coefficient (Wildman–Crippen LogP) is 6.40. The molecular weight excluding hydrogens is 491 g/mol. The minimum absolute atomic E-state index is 0.00671. The van der Waals surface area contributed by atoms with E-state index in [4.69, 9.17) is 16.6 Å². The molecule has 0 spiro atoms. The number of benzene rings is 3. The second kappa shape index (κ2) is 10.4. The van der Waals surface area contributed by atoms with Gasteiger partial charge in [0.15, 0.2) is 5.13 Å². The Kier molecular flexibility index (Phi) is 7.55. The summed E-state index contributed by atoms with van der Waals surface area (Å²) in [7, 11) is 0. The highest BCUT2D eigenvalue weighted by atomic mass is 32.1. The SMILES string of the molecule is Nc1cc(-c2csc(Nc3cccc(C(F)(F)F)c3)n2)c(F)cc1F.Nc1cccc(C(=O)O)c1. The summed E-state index contributed by atoms with van der Waals surface area (Å²) in [5.41, 5.74) is 10.8. The van der Waals surface area contributed by atoms with Gasteiger partial charge in [0.2, 0.25) is 0 Å². The number of alkyl halides is 3. The normalized spacial score (nSPS) is 10.9. The summed E-state index contributed by atoms with van der Waals surface area (Å²) in [6.07, 6.45) is -4.46. The molecule has 0 unspecified atom stereocenters. The Labute approximate surface area is 199 Å². The molecule has 182 valence electrons. The van der Waals surface area contributed by atoms with Crippen LogP contribution in [-0.2, 0) is 6.18 Å². The summed E-state index contributed by atoms with van der Waals surface area (Å²) in [6.45, 7) is 0. The van der Waals surface area contributed by atoms with Crippen molar-refractivity contribution in [2.45, 2.75) is 6.18 Å². The summed E-state index contributed by atoms with van der Waals surface area (Å²) < 4.78 is 65.2. The van der Waals surface area contributed by atoms with Crippen molar-refractivity contribution in [3.8, 4) is 11.3 Å². The summed E-state index contributed by atoms with van der Waals surface area (Å²) >= 11 is 1.07. The van der Waals surface area contributed by atoms with Crippen LogP contribution in [-0.4, -0.2) is 16.1 Å². The van der Waals surface area contributed by atoms with Gasteiger partial charge in [-0.25, -0.2) is 18.6 Å². The van der Waals surface area contributed by atoms with Gasteiger partial charge in [-0.15, -0.1) is 11.3 Å². The Morgan fingerprint density at radius 2 is 1.69 bits per heavy atom. The van der Waals surface area contributed by atoms with E-state index in [0.717, 1.165) is 29.5 Å². The van der Waals surface area contributed by atoms with Crippen LogP contribution in [0.2, 0.25) is 0 Å². The molecule has 3 aromatic carbocycles. The maximum absolute atomic E-state index is 13.9. The third kappa shape index (κ3) is 6.67. The van der Waals surface area contributed by atoms with E-state index >= 15 is 0 Å². The number of nitrogens with zero attached hydrogens (tertiary/aromatic N) is 1. The highest BCUT2D eigenvalue weighted by Crippen LogP contribution is 2.33. The molecule has 0 saturated heterocycles. The molecule has 0 aliphatic carbocycles. The van der Waals surface area contributed by atoms with Gasteiger partial charge < -0.3 is 21.9 Å². The third-order valence-corrected chi connectivity index (χ3v) is 5.20. The molecule has 1 heterocycles. The lowest BCUT2D eigenvalue weighted by Gasteiger charge is -2.09. The first-order chi connectivity index (χ1) is 16.4. The summed E-state index contributed by atoms with van der Waals surface area (Å²) in [5, 5.41) is 12.9. The molecule has 0 atom stereocenters. The van der Waals surface area contributed by atoms with E-state index in [1.54, 1.807) is 12.1 Å². The molecule has 6 nitrogen and oxygen atoms in total. The number of hydrogen-bond donors (Lipinski definition) is 4. The lowest BCUT2D eigenvalue weighted by Crippen LogP contribution is -2.05. The molecule has 0 fully saturated rings. The van der Waals surface area contributed by atoms with Crippen molar-refractivity contribution in [1.29, 1.82) is 0 Å². The molecule has 0 saturated carbocycles. The maximum Gasteiger partial charge on any atom is 0.416 e. The van der Waals surface area contributed by atoms with Crippen molar-refractivity contribution in [2.75, 3.05) is 16.8 Å². The molecule has 0 aliphatic heterocycles. The molecular formula is C23H17F5N4O2S. The molecule has 12 heteroatoms. The highest BCUT2D eigenvalue weighted by molar-refractivity contribution is 7.14. The number of thiazole rings is 1. The Morgan fingerprint density at radius 1 is 0.971 bits per heavy atom. The van der Waals surface area contributed by atoms with Crippen LogP contribution in [0.25, 0.3) is 11.3 Å². The fourth-order valence-electron chi connectivity index (χ4n) is 2.79. The Morgan fingerprint density at radius 3 is 2.31 bits per heavy atom. The minimum atomic E-state index is -4.46. The standard InChI is InChI=1S/C16H10F5N3S.C7H7NO2/c17-11-6-12(18)13(22)5-10(11)14-7-25-15(24-14)23-9-3-1-2-8(4-9)16(19,20)21;8-6-3-1-2-5(4-6)7(9)10/h1-7H,22H2,(H,23,24);1-4H,8H2,(H,9,10). The van der Waals surface area contributed by atoms with E-state index in [1.807, 2.05) is 0 Å². The Hall–Kier alpha value is -4.19. The van der Waals surface area contributed by atoms with Crippen molar-refractivity contribution in [3.05, 3.63) is 88.8 Å². The summed E-state index contributed by atoms with van der Waals surface area (Å²) in [4.78, 5) is 14.4. The van der Waals surface area contributed by atoms with Crippen LogP contribution in [0.1, 0.15) is 15.9 Å². The fourth-order valence-corrected chi connectivity index (χ4v) is 3.52.